The summed E-state index contributed by atoms with van der Waals surface area (Å²) in [7, 11) is 1.55. The quantitative estimate of drug-likeness (QED) is 0.783. The molecule has 1 aliphatic rings. The first-order valence-corrected chi connectivity index (χ1v) is 8.00. The minimum absolute atomic E-state index is 0.00897. The molecule has 9 nitrogen and oxygen atoms in total. The van der Waals surface area contributed by atoms with Crippen LogP contribution in [0.5, 0.6) is 11.5 Å². The fourth-order valence-corrected chi connectivity index (χ4v) is 2.59. The van der Waals surface area contributed by atoms with Crippen molar-refractivity contribution in [2.75, 3.05) is 38.4 Å². The van der Waals surface area contributed by atoms with Gasteiger partial charge in [0.25, 0.3) is 0 Å². The third kappa shape index (κ3) is 3.77. The van der Waals surface area contributed by atoms with E-state index < -0.39 is 0 Å². The van der Waals surface area contributed by atoms with Crippen LogP contribution in [0.3, 0.4) is 0 Å². The van der Waals surface area contributed by atoms with Gasteiger partial charge in [0.15, 0.2) is 17.8 Å². The van der Waals surface area contributed by atoms with Crippen LogP contribution in [0.1, 0.15) is 12.0 Å². The second kappa shape index (κ2) is 7.86. The second-order valence-corrected chi connectivity index (χ2v) is 5.48. The van der Waals surface area contributed by atoms with Gasteiger partial charge in [-0.25, -0.2) is 4.98 Å². The number of rotatable bonds is 6. The van der Waals surface area contributed by atoms with Crippen LogP contribution >= 0.6 is 0 Å². The van der Waals surface area contributed by atoms with E-state index in [1.54, 1.807) is 25.3 Å². The Kier molecular flexibility index (Phi) is 5.36. The number of ether oxygens (including phenoxy) is 4. The molecule has 1 saturated heterocycles. The summed E-state index contributed by atoms with van der Waals surface area (Å²) in [4.78, 5) is 7.96. The maximum absolute atomic E-state index is 9.35. The minimum Gasteiger partial charge on any atom is -0.493 e. The third-order valence-electron chi connectivity index (χ3n) is 3.81. The monoisotopic (exact) mass is 357 g/mol. The van der Waals surface area contributed by atoms with Crippen molar-refractivity contribution in [2.45, 2.75) is 12.7 Å². The van der Waals surface area contributed by atoms with Crippen LogP contribution in [0.4, 0.5) is 11.8 Å². The number of nitrogens with two attached hydrogens (primary N) is 2. The van der Waals surface area contributed by atoms with E-state index in [0.29, 0.717) is 49.0 Å². The summed E-state index contributed by atoms with van der Waals surface area (Å²) in [6.07, 6.45) is 0.334. The summed E-state index contributed by atoms with van der Waals surface area (Å²) in [5.74, 6) is 1.08. The molecule has 0 atom stereocenters. The van der Waals surface area contributed by atoms with E-state index >= 15 is 0 Å². The van der Waals surface area contributed by atoms with Gasteiger partial charge in [-0.1, -0.05) is 0 Å². The van der Waals surface area contributed by atoms with Gasteiger partial charge >= 0.3 is 0 Å². The van der Waals surface area contributed by atoms with E-state index in [-0.39, 0.29) is 23.6 Å². The molecule has 26 heavy (non-hydrogen) atoms. The molecule has 1 aromatic carbocycles. The molecule has 1 fully saturated rings. The molecule has 1 aliphatic heterocycles. The van der Waals surface area contributed by atoms with Gasteiger partial charge in [0.2, 0.25) is 5.95 Å². The minimum atomic E-state index is -0.254. The first-order chi connectivity index (χ1) is 12.6. The van der Waals surface area contributed by atoms with Crippen LogP contribution in [-0.2, 0) is 9.47 Å². The van der Waals surface area contributed by atoms with Gasteiger partial charge in [-0.15, -0.1) is 0 Å². The molecule has 0 radical (unpaired) electrons. The Balaban J connectivity index is 1.86. The molecule has 0 spiro atoms. The molecule has 1 aromatic heterocycles. The zero-order chi connectivity index (χ0) is 18.5. The van der Waals surface area contributed by atoms with Gasteiger partial charge in [0.05, 0.1) is 32.6 Å². The number of nitrogens with zero attached hydrogens (tertiary/aromatic N) is 3. The number of nitrogen functional groups attached to an aromatic ring is 2. The van der Waals surface area contributed by atoms with Crippen LogP contribution in [0.25, 0.3) is 11.3 Å². The van der Waals surface area contributed by atoms with Gasteiger partial charge in [-0.3, -0.25) is 0 Å². The fraction of sp³-hybridized carbons (Fsp3) is 0.353. The molecule has 0 saturated carbocycles. The first kappa shape index (κ1) is 17.7. The SMILES string of the molecule is COc1ccc(-c2nc(N)nc(N)c2C#N)cc1OCCC1OCCO1. The molecule has 0 bridgehead atoms. The zero-order valence-corrected chi connectivity index (χ0v) is 14.3. The predicted octanol–water partition coefficient (Wildman–Crippen LogP) is 1.33. The maximum Gasteiger partial charge on any atom is 0.222 e. The Labute approximate surface area is 150 Å². The van der Waals surface area contributed by atoms with Crippen LogP contribution in [0.2, 0.25) is 0 Å². The number of hydrogen-bond acceptors (Lipinski definition) is 9. The number of methoxy groups -OCH3 is 1. The van der Waals surface area contributed by atoms with E-state index in [1.807, 2.05) is 6.07 Å². The highest BCUT2D eigenvalue weighted by Gasteiger charge is 2.18. The topological polar surface area (TPSA) is 139 Å². The molecule has 3 rings (SSSR count). The molecule has 4 N–H and O–H groups in total. The van der Waals surface area contributed by atoms with E-state index in [2.05, 4.69) is 9.97 Å². The summed E-state index contributed by atoms with van der Waals surface area (Å²) in [5, 5.41) is 9.35. The molecular formula is C17H19N5O4. The van der Waals surface area contributed by atoms with Gasteiger partial charge in [-0.05, 0) is 18.2 Å². The molecule has 0 aliphatic carbocycles. The van der Waals surface area contributed by atoms with Gasteiger partial charge in [-0.2, -0.15) is 10.2 Å². The lowest BCUT2D eigenvalue weighted by molar-refractivity contribution is -0.0532. The van der Waals surface area contributed by atoms with Crippen molar-refractivity contribution in [1.82, 2.24) is 9.97 Å². The summed E-state index contributed by atoms with van der Waals surface area (Å²) < 4.78 is 21.9. The van der Waals surface area contributed by atoms with Crippen molar-refractivity contribution in [3.63, 3.8) is 0 Å². The normalized spacial score (nSPS) is 14.2. The first-order valence-electron chi connectivity index (χ1n) is 8.00. The molecule has 9 heteroatoms. The highest BCUT2D eigenvalue weighted by molar-refractivity contribution is 5.74. The lowest BCUT2D eigenvalue weighted by atomic mass is 10.1. The van der Waals surface area contributed by atoms with Crippen molar-refractivity contribution in [3.05, 3.63) is 23.8 Å². The largest absolute Gasteiger partial charge is 0.493 e. The molecule has 2 aromatic rings. The van der Waals surface area contributed by atoms with Gasteiger partial charge < -0.3 is 30.4 Å². The molecule has 2 heterocycles. The number of aromatic nitrogens is 2. The maximum atomic E-state index is 9.35. The standard InChI is InChI=1S/C17H19N5O4/c1-23-12-3-2-10(15-11(9-18)16(19)22-17(20)21-15)8-13(12)24-5-4-14-25-6-7-26-14/h2-3,8,14H,4-7H2,1H3,(H4,19,20,21,22). The summed E-state index contributed by atoms with van der Waals surface area (Å²) in [6, 6.07) is 7.20. The van der Waals surface area contributed by atoms with Gasteiger partial charge in [0, 0.05) is 12.0 Å². The summed E-state index contributed by atoms with van der Waals surface area (Å²) in [6.45, 7) is 1.57. The van der Waals surface area contributed by atoms with E-state index in [9.17, 15) is 5.26 Å². The molecule has 0 unspecified atom stereocenters. The zero-order valence-electron chi connectivity index (χ0n) is 14.3. The summed E-state index contributed by atoms with van der Waals surface area (Å²) in [5.41, 5.74) is 12.6. The van der Waals surface area contributed by atoms with Crippen molar-refractivity contribution in [3.8, 4) is 28.8 Å². The van der Waals surface area contributed by atoms with E-state index in [1.165, 1.54) is 0 Å². The van der Waals surface area contributed by atoms with Crippen molar-refractivity contribution >= 4 is 11.8 Å². The van der Waals surface area contributed by atoms with E-state index in [0.717, 1.165) is 0 Å². The summed E-state index contributed by atoms with van der Waals surface area (Å²) >= 11 is 0. The lowest BCUT2D eigenvalue weighted by Gasteiger charge is -2.14. The average molecular weight is 357 g/mol. The molecule has 136 valence electrons. The average Bonchev–Trinajstić information content (AvgIpc) is 3.14. The van der Waals surface area contributed by atoms with Gasteiger partial charge in [0.1, 0.15) is 17.5 Å². The van der Waals surface area contributed by atoms with Crippen molar-refractivity contribution < 1.29 is 18.9 Å². The Morgan fingerprint density at radius 1 is 1.23 bits per heavy atom. The highest BCUT2D eigenvalue weighted by Crippen LogP contribution is 2.34. The Morgan fingerprint density at radius 3 is 2.69 bits per heavy atom. The Hall–Kier alpha value is -3.09. The van der Waals surface area contributed by atoms with Crippen molar-refractivity contribution in [2.24, 2.45) is 0 Å². The van der Waals surface area contributed by atoms with Crippen LogP contribution in [0.15, 0.2) is 18.2 Å². The Morgan fingerprint density at radius 2 is 2.00 bits per heavy atom. The Bertz CT molecular complexity index is 831. The molecule has 0 amide bonds. The van der Waals surface area contributed by atoms with Crippen LogP contribution in [-0.4, -0.2) is 43.2 Å². The molecular weight excluding hydrogens is 338 g/mol. The van der Waals surface area contributed by atoms with Crippen molar-refractivity contribution in [1.29, 1.82) is 5.26 Å². The number of anilines is 2. The van der Waals surface area contributed by atoms with Crippen LogP contribution < -0.4 is 20.9 Å². The number of nitriles is 1. The fourth-order valence-electron chi connectivity index (χ4n) is 2.59. The van der Waals surface area contributed by atoms with E-state index in [4.69, 9.17) is 30.4 Å². The van der Waals surface area contributed by atoms with Crippen LogP contribution in [0, 0.1) is 11.3 Å². The lowest BCUT2D eigenvalue weighted by Crippen LogP contribution is -2.13. The number of benzene rings is 1. The highest BCUT2D eigenvalue weighted by atomic mass is 16.7. The predicted molar refractivity (Wildman–Crippen MR) is 93.4 cm³/mol. The smallest absolute Gasteiger partial charge is 0.222 e. The second-order valence-electron chi connectivity index (χ2n) is 5.48. The number of hydrogen-bond donors (Lipinski definition) is 2. The third-order valence-corrected chi connectivity index (χ3v) is 3.81.